The van der Waals surface area contributed by atoms with Gasteiger partial charge in [0.15, 0.2) is 0 Å². The summed E-state index contributed by atoms with van der Waals surface area (Å²) in [6, 6.07) is 34.2. The molecule has 0 aliphatic heterocycles. The molecule has 1 amide bonds. The fourth-order valence-corrected chi connectivity index (χ4v) is 5.86. The lowest BCUT2D eigenvalue weighted by atomic mass is 9.99. The highest BCUT2D eigenvalue weighted by Crippen LogP contribution is 2.49. The number of carbonyl (C=O) groups is 2. The van der Waals surface area contributed by atoms with Crippen molar-refractivity contribution in [1.82, 2.24) is 0 Å². The van der Waals surface area contributed by atoms with Crippen molar-refractivity contribution in [2.24, 2.45) is 0 Å². The second-order valence-electron chi connectivity index (χ2n) is 9.35. The maximum absolute atomic E-state index is 12.7. The second kappa shape index (κ2) is 10.1. The number of benzene rings is 4. The molecule has 1 aliphatic carbocycles. The lowest BCUT2D eigenvalue weighted by Crippen LogP contribution is -2.13. The van der Waals surface area contributed by atoms with Gasteiger partial charge in [0, 0.05) is 10.1 Å². The Hall–Kier alpha value is -4.42. The van der Waals surface area contributed by atoms with E-state index in [4.69, 9.17) is 9.47 Å². The van der Waals surface area contributed by atoms with Crippen LogP contribution in [-0.2, 0) is 26.5 Å². The average Bonchev–Trinajstić information content (AvgIpc) is 3.67. The molecule has 1 saturated carbocycles. The highest BCUT2D eigenvalue weighted by Gasteiger charge is 2.46. The Labute approximate surface area is 224 Å². The number of rotatable bonds is 8. The van der Waals surface area contributed by atoms with E-state index in [-0.39, 0.29) is 6.61 Å². The van der Waals surface area contributed by atoms with Crippen LogP contribution >= 0.6 is 11.3 Å². The standard InChI is InChI=1S/C32H25NO4S/c34-21-37-32(18-19-32)26-16-14-24(15-17-26)23-10-12-25(13-11-23)30-29(27-8-4-5-9-28(27)38-30)33-31(35)36-20-22-6-2-1-3-7-22/h1-17,21H,18-20H2,(H,33,35). The number of hydrogen-bond acceptors (Lipinski definition) is 5. The van der Waals surface area contributed by atoms with Crippen LogP contribution in [0.2, 0.25) is 0 Å². The van der Waals surface area contributed by atoms with Crippen LogP contribution in [0.25, 0.3) is 31.7 Å². The number of hydrogen-bond donors (Lipinski definition) is 1. The minimum atomic E-state index is -0.484. The van der Waals surface area contributed by atoms with Gasteiger partial charge in [-0.15, -0.1) is 11.3 Å². The fraction of sp³-hybridized carbons (Fsp3) is 0.125. The molecule has 6 heteroatoms. The molecule has 1 N–H and O–H groups in total. The zero-order chi connectivity index (χ0) is 26.0. The van der Waals surface area contributed by atoms with Crippen molar-refractivity contribution < 1.29 is 19.1 Å². The maximum Gasteiger partial charge on any atom is 0.412 e. The Kier molecular flexibility index (Phi) is 6.40. The van der Waals surface area contributed by atoms with Crippen molar-refractivity contribution in [1.29, 1.82) is 0 Å². The molecule has 4 aromatic carbocycles. The van der Waals surface area contributed by atoms with E-state index in [2.05, 4.69) is 47.8 Å². The molecule has 0 atom stereocenters. The molecule has 5 aromatic rings. The molecule has 1 aliphatic rings. The predicted octanol–water partition coefficient (Wildman–Crippen LogP) is 8.15. The van der Waals surface area contributed by atoms with E-state index in [1.54, 1.807) is 11.3 Å². The molecule has 0 bridgehead atoms. The number of fused-ring (bicyclic) bond motifs is 1. The van der Waals surface area contributed by atoms with Gasteiger partial charge in [-0.3, -0.25) is 10.1 Å². The van der Waals surface area contributed by atoms with Crippen LogP contribution in [0.1, 0.15) is 24.0 Å². The highest BCUT2D eigenvalue weighted by molar-refractivity contribution is 7.23. The largest absolute Gasteiger partial charge is 0.456 e. The first-order valence-electron chi connectivity index (χ1n) is 12.5. The van der Waals surface area contributed by atoms with Crippen LogP contribution in [0, 0.1) is 0 Å². The number of amides is 1. The molecule has 0 spiro atoms. The van der Waals surface area contributed by atoms with Crippen LogP contribution in [0.3, 0.4) is 0 Å². The molecule has 6 rings (SSSR count). The summed E-state index contributed by atoms with van der Waals surface area (Å²) >= 11 is 1.64. The summed E-state index contributed by atoms with van der Waals surface area (Å²) in [7, 11) is 0. The fourth-order valence-electron chi connectivity index (χ4n) is 4.69. The van der Waals surface area contributed by atoms with Gasteiger partial charge in [0.1, 0.15) is 12.2 Å². The number of anilines is 1. The molecule has 1 aromatic heterocycles. The third kappa shape index (κ3) is 4.78. The molecule has 1 heterocycles. The normalized spacial score (nSPS) is 13.6. The summed E-state index contributed by atoms with van der Waals surface area (Å²) in [4.78, 5) is 24.6. The van der Waals surface area contributed by atoms with Crippen LogP contribution in [0.4, 0.5) is 10.5 Å². The van der Waals surface area contributed by atoms with E-state index in [9.17, 15) is 9.59 Å². The van der Waals surface area contributed by atoms with E-state index >= 15 is 0 Å². The van der Waals surface area contributed by atoms with Gasteiger partial charge >= 0.3 is 6.09 Å². The zero-order valence-electron chi connectivity index (χ0n) is 20.6. The molecule has 38 heavy (non-hydrogen) atoms. The third-order valence-corrected chi connectivity index (χ3v) is 8.12. The Bertz CT molecular complexity index is 1590. The Morgan fingerprint density at radius 3 is 2.13 bits per heavy atom. The van der Waals surface area contributed by atoms with Gasteiger partial charge in [-0.2, -0.15) is 0 Å². The van der Waals surface area contributed by atoms with E-state index in [0.29, 0.717) is 6.47 Å². The van der Waals surface area contributed by atoms with Gasteiger partial charge < -0.3 is 9.47 Å². The minimum absolute atomic E-state index is 0.208. The molecule has 188 valence electrons. The van der Waals surface area contributed by atoms with Crippen molar-refractivity contribution in [3.63, 3.8) is 0 Å². The SMILES string of the molecule is O=COC1(c2ccc(-c3ccc(-c4sc5ccccc5c4NC(=O)OCc4ccccc4)cc3)cc2)CC1. The highest BCUT2D eigenvalue weighted by atomic mass is 32.1. The third-order valence-electron chi connectivity index (χ3n) is 6.90. The van der Waals surface area contributed by atoms with Crippen molar-refractivity contribution in [2.45, 2.75) is 25.0 Å². The van der Waals surface area contributed by atoms with E-state index < -0.39 is 11.7 Å². The lowest BCUT2D eigenvalue weighted by molar-refractivity contribution is -0.136. The van der Waals surface area contributed by atoms with Crippen molar-refractivity contribution in [3.8, 4) is 21.6 Å². The van der Waals surface area contributed by atoms with Crippen LogP contribution < -0.4 is 5.32 Å². The molecular formula is C32H25NO4S. The molecule has 0 unspecified atom stereocenters. The summed E-state index contributed by atoms with van der Waals surface area (Å²) in [5, 5.41) is 3.98. The maximum atomic E-state index is 12.7. The Morgan fingerprint density at radius 1 is 0.816 bits per heavy atom. The summed E-state index contributed by atoms with van der Waals surface area (Å²) in [6.07, 6.45) is 1.25. The van der Waals surface area contributed by atoms with Crippen molar-refractivity contribution in [3.05, 3.63) is 114 Å². The van der Waals surface area contributed by atoms with E-state index in [1.165, 1.54) is 0 Å². The van der Waals surface area contributed by atoms with Crippen LogP contribution in [-0.4, -0.2) is 12.6 Å². The minimum Gasteiger partial charge on any atom is -0.456 e. The predicted molar refractivity (Wildman–Crippen MR) is 151 cm³/mol. The second-order valence-corrected chi connectivity index (χ2v) is 10.4. The number of carbonyl (C=O) groups excluding carboxylic acids is 2. The molecule has 0 radical (unpaired) electrons. The molecule has 5 nitrogen and oxygen atoms in total. The van der Waals surface area contributed by atoms with Gasteiger partial charge in [-0.1, -0.05) is 97.1 Å². The van der Waals surface area contributed by atoms with Gasteiger partial charge in [0.05, 0.1) is 10.6 Å². The Morgan fingerprint density at radius 2 is 1.45 bits per heavy atom. The Balaban J connectivity index is 1.24. The van der Waals surface area contributed by atoms with Gasteiger partial charge in [0.25, 0.3) is 6.47 Å². The molecule has 0 saturated heterocycles. The average molecular weight is 520 g/mol. The van der Waals surface area contributed by atoms with Crippen molar-refractivity contribution >= 4 is 39.7 Å². The zero-order valence-corrected chi connectivity index (χ0v) is 21.4. The smallest absolute Gasteiger partial charge is 0.412 e. The lowest BCUT2D eigenvalue weighted by Gasteiger charge is -2.14. The summed E-state index contributed by atoms with van der Waals surface area (Å²) < 4.78 is 11.9. The first-order valence-corrected chi connectivity index (χ1v) is 13.3. The number of thiophene rings is 1. The van der Waals surface area contributed by atoms with Gasteiger partial charge in [-0.25, -0.2) is 4.79 Å². The van der Waals surface area contributed by atoms with E-state index in [0.717, 1.165) is 61.3 Å². The topological polar surface area (TPSA) is 64.6 Å². The monoisotopic (exact) mass is 519 g/mol. The molecular weight excluding hydrogens is 494 g/mol. The summed E-state index contributed by atoms with van der Waals surface area (Å²) in [5.74, 6) is 0. The molecule has 1 fully saturated rings. The number of ether oxygens (including phenoxy) is 2. The summed E-state index contributed by atoms with van der Waals surface area (Å²) in [5.41, 5.74) is 5.47. The number of nitrogens with one attached hydrogen (secondary N) is 1. The van der Waals surface area contributed by atoms with Crippen LogP contribution in [0.5, 0.6) is 0 Å². The quantitative estimate of drug-likeness (QED) is 0.210. The first-order chi connectivity index (χ1) is 18.6. The summed E-state index contributed by atoms with van der Waals surface area (Å²) in [6.45, 7) is 0.750. The van der Waals surface area contributed by atoms with E-state index in [1.807, 2.05) is 60.7 Å². The first kappa shape index (κ1) is 23.9. The van der Waals surface area contributed by atoms with Crippen LogP contribution in [0.15, 0.2) is 103 Å². The van der Waals surface area contributed by atoms with Crippen molar-refractivity contribution in [2.75, 3.05) is 5.32 Å². The van der Waals surface area contributed by atoms with Gasteiger partial charge in [-0.05, 0) is 46.7 Å². The van der Waals surface area contributed by atoms with Gasteiger partial charge in [0.2, 0.25) is 0 Å².